The van der Waals surface area contributed by atoms with E-state index in [4.69, 9.17) is 10.2 Å². The lowest BCUT2D eigenvalue weighted by molar-refractivity contribution is -0.125. The molecule has 194 valence electrons. The highest BCUT2D eigenvalue weighted by atomic mass is 32.2. The van der Waals surface area contributed by atoms with Gasteiger partial charge in [-0.25, -0.2) is 18.4 Å². The Labute approximate surface area is 215 Å². The standard InChI is InChI=1S/C27H29N3O6S/c1-17-12-21(37(28,35)36)8-10-22(17)20-5-2-4-19(13-20)16-30-11-3-6-24(30)26(32)29-15-18-7-9-23(27(33)34)25(31)14-18/h2,4-5,7-10,12-14,24,31H,3,6,11,15-16H2,1H3,(H,29,32)(H,33,34)(H2,28,35,36)/t24-/m1/s1. The van der Waals surface area contributed by atoms with Gasteiger partial charge in [0.15, 0.2) is 0 Å². The summed E-state index contributed by atoms with van der Waals surface area (Å²) in [5.41, 5.74) is 4.10. The number of rotatable bonds is 8. The van der Waals surface area contributed by atoms with Gasteiger partial charge in [0.1, 0.15) is 11.3 Å². The van der Waals surface area contributed by atoms with Crippen LogP contribution in [-0.2, 0) is 27.9 Å². The van der Waals surface area contributed by atoms with Crippen LogP contribution in [0.5, 0.6) is 5.75 Å². The molecule has 1 fully saturated rings. The lowest BCUT2D eigenvalue weighted by atomic mass is 9.98. The number of nitrogens with one attached hydrogen (secondary N) is 1. The highest BCUT2D eigenvalue weighted by Gasteiger charge is 2.30. The van der Waals surface area contributed by atoms with Crippen LogP contribution in [0, 0.1) is 6.92 Å². The fourth-order valence-electron chi connectivity index (χ4n) is 4.70. The minimum Gasteiger partial charge on any atom is -0.507 e. The zero-order chi connectivity index (χ0) is 26.7. The molecule has 10 heteroatoms. The molecule has 1 atom stereocenters. The molecular weight excluding hydrogens is 494 g/mol. The number of hydrogen-bond acceptors (Lipinski definition) is 6. The molecule has 0 bridgehead atoms. The Kier molecular flexibility index (Phi) is 7.63. The molecule has 1 saturated heterocycles. The van der Waals surface area contributed by atoms with Gasteiger partial charge in [0, 0.05) is 13.1 Å². The lowest BCUT2D eigenvalue weighted by Gasteiger charge is -2.24. The first-order valence-electron chi connectivity index (χ1n) is 11.8. The molecule has 0 spiro atoms. The second-order valence-corrected chi connectivity index (χ2v) is 10.8. The van der Waals surface area contributed by atoms with Crippen LogP contribution in [0.2, 0.25) is 0 Å². The van der Waals surface area contributed by atoms with E-state index in [0.29, 0.717) is 12.1 Å². The van der Waals surface area contributed by atoms with Gasteiger partial charge in [0.25, 0.3) is 0 Å². The number of nitrogens with two attached hydrogens (primary N) is 1. The van der Waals surface area contributed by atoms with Crippen molar-refractivity contribution in [2.75, 3.05) is 6.54 Å². The van der Waals surface area contributed by atoms with Crippen molar-refractivity contribution in [3.63, 3.8) is 0 Å². The largest absolute Gasteiger partial charge is 0.507 e. The van der Waals surface area contributed by atoms with Gasteiger partial charge in [-0.1, -0.05) is 30.3 Å². The van der Waals surface area contributed by atoms with Crippen LogP contribution < -0.4 is 10.5 Å². The Morgan fingerprint density at radius 2 is 1.86 bits per heavy atom. The molecule has 4 rings (SSSR count). The maximum absolute atomic E-state index is 13.0. The number of likely N-dealkylation sites (tertiary alicyclic amines) is 1. The van der Waals surface area contributed by atoms with Crippen LogP contribution in [0.15, 0.2) is 65.6 Å². The summed E-state index contributed by atoms with van der Waals surface area (Å²) in [5.74, 6) is -1.67. The van der Waals surface area contributed by atoms with Gasteiger partial charge >= 0.3 is 5.97 Å². The van der Waals surface area contributed by atoms with E-state index < -0.39 is 16.0 Å². The van der Waals surface area contributed by atoms with Gasteiger partial charge in [-0.15, -0.1) is 0 Å². The third kappa shape index (κ3) is 6.16. The van der Waals surface area contributed by atoms with Crippen molar-refractivity contribution in [3.8, 4) is 16.9 Å². The quantitative estimate of drug-likeness (QED) is 0.354. The molecule has 0 saturated carbocycles. The zero-order valence-electron chi connectivity index (χ0n) is 20.3. The summed E-state index contributed by atoms with van der Waals surface area (Å²) in [6.45, 7) is 3.37. The number of carboxylic acid groups (broad SMARTS) is 1. The van der Waals surface area contributed by atoms with E-state index in [1.165, 1.54) is 18.2 Å². The zero-order valence-corrected chi connectivity index (χ0v) is 21.2. The number of hydrogen-bond donors (Lipinski definition) is 4. The Hall–Kier alpha value is -3.73. The SMILES string of the molecule is Cc1cc(S(N)(=O)=O)ccc1-c1cccc(CN2CCC[C@@H]2C(=O)NCc2ccc(C(=O)O)c(O)c2)c1. The van der Waals surface area contributed by atoms with E-state index in [0.717, 1.165) is 41.6 Å². The fourth-order valence-corrected chi connectivity index (χ4v) is 5.29. The summed E-state index contributed by atoms with van der Waals surface area (Å²) in [6.07, 6.45) is 1.61. The van der Waals surface area contributed by atoms with Crippen molar-refractivity contribution in [1.29, 1.82) is 0 Å². The number of phenols is 1. The third-order valence-electron chi connectivity index (χ3n) is 6.58. The predicted molar refractivity (Wildman–Crippen MR) is 138 cm³/mol. The minimum absolute atomic E-state index is 0.0730. The van der Waals surface area contributed by atoms with Crippen LogP contribution in [-0.4, -0.2) is 48.0 Å². The molecule has 1 amide bonds. The number of primary sulfonamides is 1. The van der Waals surface area contributed by atoms with Crippen molar-refractivity contribution >= 4 is 21.9 Å². The molecule has 1 aliphatic heterocycles. The molecule has 3 aromatic rings. The van der Waals surface area contributed by atoms with Gasteiger partial charge in [0.05, 0.1) is 10.9 Å². The van der Waals surface area contributed by atoms with Crippen LogP contribution in [0.25, 0.3) is 11.1 Å². The maximum Gasteiger partial charge on any atom is 0.339 e. The smallest absolute Gasteiger partial charge is 0.339 e. The van der Waals surface area contributed by atoms with Crippen molar-refractivity contribution in [1.82, 2.24) is 10.2 Å². The average molecular weight is 524 g/mol. The van der Waals surface area contributed by atoms with Gasteiger partial charge in [-0.3, -0.25) is 9.69 Å². The molecule has 3 aromatic carbocycles. The maximum atomic E-state index is 13.0. The van der Waals surface area contributed by atoms with Gasteiger partial charge in [-0.2, -0.15) is 0 Å². The summed E-state index contributed by atoms with van der Waals surface area (Å²) in [6, 6.07) is 16.7. The van der Waals surface area contributed by atoms with E-state index >= 15 is 0 Å². The van der Waals surface area contributed by atoms with E-state index in [-0.39, 0.29) is 34.7 Å². The monoisotopic (exact) mass is 523 g/mol. The number of amides is 1. The van der Waals surface area contributed by atoms with Crippen LogP contribution in [0.4, 0.5) is 0 Å². The second-order valence-electron chi connectivity index (χ2n) is 9.23. The number of sulfonamides is 1. The number of carbonyl (C=O) groups is 2. The first-order valence-corrected chi connectivity index (χ1v) is 13.4. The lowest BCUT2D eigenvalue weighted by Crippen LogP contribution is -2.42. The number of aromatic carboxylic acids is 1. The van der Waals surface area contributed by atoms with E-state index in [9.17, 15) is 23.1 Å². The molecule has 9 nitrogen and oxygen atoms in total. The Morgan fingerprint density at radius 3 is 2.54 bits per heavy atom. The second kappa shape index (κ2) is 10.7. The molecule has 37 heavy (non-hydrogen) atoms. The Bertz CT molecular complexity index is 1450. The van der Waals surface area contributed by atoms with Crippen molar-refractivity contribution in [2.45, 2.75) is 43.8 Å². The number of aromatic hydroxyl groups is 1. The number of aryl methyl sites for hydroxylation is 1. The van der Waals surface area contributed by atoms with Crippen LogP contribution in [0.1, 0.15) is 39.9 Å². The van der Waals surface area contributed by atoms with E-state index in [1.54, 1.807) is 18.2 Å². The molecule has 5 N–H and O–H groups in total. The summed E-state index contributed by atoms with van der Waals surface area (Å²) in [4.78, 5) is 26.2. The number of carbonyl (C=O) groups excluding carboxylic acids is 1. The van der Waals surface area contributed by atoms with Crippen molar-refractivity contribution in [3.05, 3.63) is 82.9 Å². The topological polar surface area (TPSA) is 150 Å². The minimum atomic E-state index is -3.77. The van der Waals surface area contributed by atoms with Crippen molar-refractivity contribution in [2.24, 2.45) is 5.14 Å². The molecular formula is C27H29N3O6S. The highest BCUT2D eigenvalue weighted by Crippen LogP contribution is 2.28. The van der Waals surface area contributed by atoms with Crippen LogP contribution in [0.3, 0.4) is 0 Å². The highest BCUT2D eigenvalue weighted by molar-refractivity contribution is 7.89. The van der Waals surface area contributed by atoms with Gasteiger partial charge in [0.2, 0.25) is 15.9 Å². The third-order valence-corrected chi connectivity index (χ3v) is 7.49. The average Bonchev–Trinajstić information content (AvgIpc) is 3.30. The van der Waals surface area contributed by atoms with E-state index in [2.05, 4.69) is 10.2 Å². The van der Waals surface area contributed by atoms with Crippen LogP contribution >= 0.6 is 0 Å². The predicted octanol–water partition coefficient (Wildman–Crippen LogP) is 2.99. The van der Waals surface area contributed by atoms with Gasteiger partial charge < -0.3 is 15.5 Å². The molecule has 1 heterocycles. The van der Waals surface area contributed by atoms with Crippen molar-refractivity contribution < 1.29 is 28.2 Å². The summed E-state index contributed by atoms with van der Waals surface area (Å²) < 4.78 is 23.3. The van der Waals surface area contributed by atoms with Gasteiger partial charge in [-0.05, 0) is 84.5 Å². The summed E-state index contributed by atoms with van der Waals surface area (Å²) in [7, 11) is -3.77. The summed E-state index contributed by atoms with van der Waals surface area (Å²) in [5, 5.41) is 27.1. The first-order chi connectivity index (χ1) is 17.5. The number of nitrogens with zero attached hydrogens (tertiary/aromatic N) is 1. The Morgan fingerprint density at radius 1 is 1.08 bits per heavy atom. The molecule has 1 aliphatic rings. The molecule has 0 radical (unpaired) electrons. The molecule has 0 unspecified atom stereocenters. The Balaban J connectivity index is 1.43. The number of carboxylic acids is 1. The molecule has 0 aliphatic carbocycles. The first kappa shape index (κ1) is 26.3. The van der Waals surface area contributed by atoms with E-state index in [1.807, 2.05) is 31.2 Å². The fraction of sp³-hybridized carbons (Fsp3) is 0.259. The normalized spacial score (nSPS) is 16.0. The number of benzene rings is 3. The summed E-state index contributed by atoms with van der Waals surface area (Å²) >= 11 is 0. The molecule has 0 aromatic heterocycles.